The zero-order valence-electron chi connectivity index (χ0n) is 15.3. The summed E-state index contributed by atoms with van der Waals surface area (Å²) in [6, 6.07) is 6.89. The number of amides is 1. The Morgan fingerprint density at radius 1 is 1.17 bits per heavy atom. The zero-order chi connectivity index (χ0) is 21.0. The van der Waals surface area contributed by atoms with E-state index < -0.39 is 22.8 Å². The molecular formula is C18H18Cl3N3O5. The number of benzene rings is 2. The maximum Gasteiger partial charge on any atom is 0.328 e. The van der Waals surface area contributed by atoms with Crippen molar-refractivity contribution in [2.45, 2.75) is 19.9 Å². The van der Waals surface area contributed by atoms with Gasteiger partial charge in [0.2, 0.25) is 0 Å². The summed E-state index contributed by atoms with van der Waals surface area (Å²) in [5, 5.41) is 13.5. The number of nitro benzene ring substituents is 1. The van der Waals surface area contributed by atoms with Gasteiger partial charge in [0.25, 0.3) is 11.6 Å². The van der Waals surface area contributed by atoms with Crippen LogP contribution in [0.3, 0.4) is 0 Å². The van der Waals surface area contributed by atoms with Gasteiger partial charge in [-0.1, -0.05) is 37.0 Å². The molecule has 156 valence electrons. The molecule has 2 aromatic carbocycles. The first-order valence-corrected chi connectivity index (χ1v) is 8.88. The fraction of sp³-hybridized carbons (Fsp3) is 0.222. The molecule has 0 aliphatic rings. The predicted molar refractivity (Wildman–Crippen MR) is 113 cm³/mol. The van der Waals surface area contributed by atoms with E-state index in [9.17, 15) is 19.7 Å². The van der Waals surface area contributed by atoms with Gasteiger partial charge in [0, 0.05) is 17.2 Å². The monoisotopic (exact) mass is 461 g/mol. The molecule has 8 nitrogen and oxygen atoms in total. The maximum atomic E-state index is 12.7. The molecule has 0 radical (unpaired) electrons. The van der Waals surface area contributed by atoms with Crippen LogP contribution >= 0.6 is 35.6 Å². The zero-order valence-corrected chi connectivity index (χ0v) is 17.7. The number of esters is 1. The summed E-state index contributed by atoms with van der Waals surface area (Å²) in [5.41, 5.74) is 5.68. The molecule has 0 saturated heterocycles. The molecule has 0 unspecified atom stereocenters. The van der Waals surface area contributed by atoms with Gasteiger partial charge in [-0.3, -0.25) is 14.9 Å². The Morgan fingerprint density at radius 2 is 1.83 bits per heavy atom. The normalized spacial score (nSPS) is 11.4. The molecule has 0 aliphatic carbocycles. The van der Waals surface area contributed by atoms with Crippen molar-refractivity contribution in [3.8, 4) is 5.75 Å². The highest BCUT2D eigenvalue weighted by atomic mass is 35.5. The van der Waals surface area contributed by atoms with Gasteiger partial charge in [-0.15, -0.1) is 12.4 Å². The molecule has 0 aliphatic heterocycles. The third-order valence-corrected chi connectivity index (χ3v) is 4.35. The fourth-order valence-electron chi connectivity index (χ4n) is 2.13. The summed E-state index contributed by atoms with van der Waals surface area (Å²) in [6.07, 6.45) is 0. The van der Waals surface area contributed by atoms with Crippen molar-refractivity contribution >= 4 is 58.9 Å². The summed E-state index contributed by atoms with van der Waals surface area (Å²) in [6.45, 7) is 3.52. The highest BCUT2D eigenvalue weighted by Gasteiger charge is 2.23. The van der Waals surface area contributed by atoms with Crippen molar-refractivity contribution in [2.24, 2.45) is 11.7 Å². The number of carbonyl (C=O) groups excluding carboxylic acids is 2. The van der Waals surface area contributed by atoms with Crippen LogP contribution in [0.5, 0.6) is 5.75 Å². The number of hydrogen-bond acceptors (Lipinski definition) is 6. The van der Waals surface area contributed by atoms with Crippen molar-refractivity contribution < 1.29 is 19.2 Å². The Hall–Kier alpha value is -2.39. The van der Waals surface area contributed by atoms with E-state index >= 15 is 0 Å². The van der Waals surface area contributed by atoms with Crippen molar-refractivity contribution in [3.05, 3.63) is 62.1 Å². The average Bonchev–Trinajstić information content (AvgIpc) is 2.63. The molecule has 2 rings (SSSR count). The van der Waals surface area contributed by atoms with Crippen LogP contribution in [0.25, 0.3) is 0 Å². The maximum absolute atomic E-state index is 12.7. The number of nitrogens with zero attached hydrogens (tertiary/aromatic N) is 1. The fourth-order valence-corrected chi connectivity index (χ4v) is 2.52. The Bertz CT molecular complexity index is 937. The third-order valence-electron chi connectivity index (χ3n) is 3.80. The van der Waals surface area contributed by atoms with E-state index in [2.05, 4.69) is 5.32 Å². The van der Waals surface area contributed by atoms with Crippen molar-refractivity contribution in [1.29, 1.82) is 0 Å². The highest BCUT2D eigenvalue weighted by molar-refractivity contribution is 6.34. The number of non-ortho nitro benzene ring substituents is 1. The van der Waals surface area contributed by atoms with Gasteiger partial charge in [-0.2, -0.15) is 0 Å². The molecule has 1 amide bonds. The van der Waals surface area contributed by atoms with Crippen LogP contribution in [0.2, 0.25) is 10.0 Å². The number of carbonyl (C=O) groups is 2. The van der Waals surface area contributed by atoms with Crippen molar-refractivity contribution in [3.63, 3.8) is 0 Å². The van der Waals surface area contributed by atoms with E-state index in [1.165, 1.54) is 30.3 Å². The topological polar surface area (TPSA) is 125 Å². The van der Waals surface area contributed by atoms with E-state index in [1.54, 1.807) is 13.8 Å². The molecule has 2 aromatic rings. The molecule has 3 N–H and O–H groups in total. The summed E-state index contributed by atoms with van der Waals surface area (Å²) in [7, 11) is 0. The van der Waals surface area contributed by atoms with E-state index in [0.29, 0.717) is 0 Å². The lowest BCUT2D eigenvalue weighted by Gasteiger charge is -2.16. The highest BCUT2D eigenvalue weighted by Crippen LogP contribution is 2.29. The lowest BCUT2D eigenvalue weighted by atomic mass is 10.1. The van der Waals surface area contributed by atoms with Crippen LogP contribution in [-0.2, 0) is 4.79 Å². The molecule has 0 spiro atoms. The first-order valence-electron chi connectivity index (χ1n) is 8.12. The van der Waals surface area contributed by atoms with Crippen molar-refractivity contribution in [1.82, 2.24) is 0 Å². The van der Waals surface area contributed by atoms with Crippen LogP contribution in [-0.4, -0.2) is 22.8 Å². The molecular weight excluding hydrogens is 445 g/mol. The minimum Gasteiger partial charge on any atom is -0.425 e. The summed E-state index contributed by atoms with van der Waals surface area (Å²) in [5.74, 6) is -1.55. The molecule has 0 heterocycles. The first kappa shape index (κ1) is 24.6. The Morgan fingerprint density at radius 3 is 2.38 bits per heavy atom. The number of nitrogens with two attached hydrogens (primary N) is 1. The summed E-state index contributed by atoms with van der Waals surface area (Å²) >= 11 is 11.9. The average molecular weight is 463 g/mol. The van der Waals surface area contributed by atoms with Gasteiger partial charge >= 0.3 is 5.97 Å². The third kappa shape index (κ3) is 6.30. The van der Waals surface area contributed by atoms with Crippen LogP contribution in [0, 0.1) is 16.0 Å². The van der Waals surface area contributed by atoms with Crippen LogP contribution in [0.1, 0.15) is 24.2 Å². The van der Waals surface area contributed by atoms with Gasteiger partial charge in [-0.25, -0.2) is 4.79 Å². The first-order chi connectivity index (χ1) is 13.1. The van der Waals surface area contributed by atoms with Gasteiger partial charge in [0.05, 0.1) is 21.2 Å². The molecule has 11 heteroatoms. The number of nitro groups is 1. The van der Waals surface area contributed by atoms with E-state index in [1.807, 2.05) is 0 Å². The number of ether oxygens (including phenoxy) is 1. The Kier molecular flexibility index (Phi) is 8.84. The number of rotatable bonds is 6. The Labute approximate surface area is 182 Å². The smallest absolute Gasteiger partial charge is 0.328 e. The molecule has 0 fully saturated rings. The van der Waals surface area contributed by atoms with Crippen LogP contribution in [0.4, 0.5) is 11.4 Å². The van der Waals surface area contributed by atoms with Gasteiger partial charge in [0.1, 0.15) is 11.8 Å². The SMILES string of the molecule is CC(C)[C@H](N)C(=O)Oc1ccc(Cl)cc1C(=O)Nc1ccc([N+](=O)[O-])cc1Cl.Cl. The largest absolute Gasteiger partial charge is 0.425 e. The molecule has 1 atom stereocenters. The second-order valence-electron chi connectivity index (χ2n) is 6.21. The minimum absolute atomic E-state index is 0. The minimum atomic E-state index is -0.865. The predicted octanol–water partition coefficient (Wildman–Crippen LogP) is 4.46. The second-order valence-corrected chi connectivity index (χ2v) is 7.05. The lowest BCUT2D eigenvalue weighted by Crippen LogP contribution is -2.38. The molecule has 29 heavy (non-hydrogen) atoms. The van der Waals surface area contributed by atoms with E-state index in [-0.39, 0.29) is 51.1 Å². The van der Waals surface area contributed by atoms with Gasteiger partial charge in [-0.05, 0) is 30.2 Å². The molecule has 0 aromatic heterocycles. The van der Waals surface area contributed by atoms with Crippen molar-refractivity contribution in [2.75, 3.05) is 5.32 Å². The number of halogens is 3. The van der Waals surface area contributed by atoms with E-state index in [0.717, 1.165) is 6.07 Å². The summed E-state index contributed by atoms with van der Waals surface area (Å²) in [4.78, 5) is 35.0. The van der Waals surface area contributed by atoms with Gasteiger partial charge < -0.3 is 15.8 Å². The lowest BCUT2D eigenvalue weighted by molar-refractivity contribution is -0.384. The standard InChI is InChI=1S/C18H17Cl2N3O5.ClH/c1-9(2)16(21)18(25)28-15-6-3-10(19)7-12(15)17(24)22-14-5-4-11(23(26)27)8-13(14)20;/h3-9,16H,21H2,1-2H3,(H,22,24);1H/t16-;/m0./s1. The Balaban J connectivity index is 0.00000420. The van der Waals surface area contributed by atoms with Gasteiger partial charge in [0.15, 0.2) is 0 Å². The quantitative estimate of drug-likeness (QED) is 0.282. The second kappa shape index (κ2) is 10.4. The number of nitrogens with one attached hydrogen (secondary N) is 1. The molecule has 0 bridgehead atoms. The summed E-state index contributed by atoms with van der Waals surface area (Å²) < 4.78 is 5.26. The number of anilines is 1. The molecule has 0 saturated carbocycles. The van der Waals surface area contributed by atoms with E-state index in [4.69, 9.17) is 33.7 Å². The van der Waals surface area contributed by atoms with Crippen LogP contribution in [0.15, 0.2) is 36.4 Å². The van der Waals surface area contributed by atoms with Crippen LogP contribution < -0.4 is 15.8 Å². The number of hydrogen-bond donors (Lipinski definition) is 2.